The zero-order valence-electron chi connectivity index (χ0n) is 9.55. The van der Waals surface area contributed by atoms with Crippen molar-refractivity contribution in [3.05, 3.63) is 0 Å². The molecule has 0 aromatic carbocycles. The van der Waals surface area contributed by atoms with Crippen molar-refractivity contribution < 1.29 is 9.90 Å². The van der Waals surface area contributed by atoms with Gasteiger partial charge in [-0.05, 0) is 37.6 Å². The second-order valence-electron chi connectivity index (χ2n) is 5.30. The zero-order chi connectivity index (χ0) is 11.0. The normalized spacial score (nSPS) is 36.7. The number of hydrogen-bond acceptors (Lipinski definition) is 2. The van der Waals surface area contributed by atoms with Gasteiger partial charge in [0, 0.05) is 0 Å². The van der Waals surface area contributed by atoms with Gasteiger partial charge in [-0.15, -0.1) is 0 Å². The topological polar surface area (TPSA) is 49.3 Å². The quantitative estimate of drug-likeness (QED) is 0.714. The van der Waals surface area contributed by atoms with Gasteiger partial charge in [0.25, 0.3) is 0 Å². The molecule has 14 heavy (non-hydrogen) atoms. The lowest BCUT2D eigenvalue weighted by molar-refractivity contribution is -0.150. The molecular weight excluding hydrogens is 178 g/mol. The zero-order valence-corrected chi connectivity index (χ0v) is 9.55. The molecule has 2 atom stereocenters. The van der Waals surface area contributed by atoms with Crippen molar-refractivity contribution in [3.8, 4) is 0 Å². The predicted molar refractivity (Wildman–Crippen MR) is 56.2 cm³/mol. The number of rotatable bonds is 2. The lowest BCUT2D eigenvalue weighted by atomic mass is 9.64. The highest BCUT2D eigenvalue weighted by Crippen LogP contribution is 2.43. The van der Waals surface area contributed by atoms with Gasteiger partial charge < -0.3 is 10.4 Å². The van der Waals surface area contributed by atoms with Crippen molar-refractivity contribution in [3.63, 3.8) is 0 Å². The average molecular weight is 199 g/mol. The van der Waals surface area contributed by atoms with E-state index < -0.39 is 11.5 Å². The van der Waals surface area contributed by atoms with E-state index in [2.05, 4.69) is 19.2 Å². The standard InChI is InChI=1S/C11H21NO2/c1-8-7-10(2,3)5-6-11(8,12-4)9(13)14/h8,12H,5-7H2,1-4H3,(H,13,14). The van der Waals surface area contributed by atoms with Crippen LogP contribution < -0.4 is 5.32 Å². The van der Waals surface area contributed by atoms with Crippen LogP contribution in [-0.4, -0.2) is 23.7 Å². The minimum atomic E-state index is -0.706. The molecule has 0 aliphatic heterocycles. The van der Waals surface area contributed by atoms with E-state index in [-0.39, 0.29) is 11.3 Å². The highest BCUT2D eigenvalue weighted by molar-refractivity contribution is 5.79. The van der Waals surface area contributed by atoms with Gasteiger partial charge in [-0.2, -0.15) is 0 Å². The molecule has 0 heterocycles. The van der Waals surface area contributed by atoms with Gasteiger partial charge in [0.1, 0.15) is 5.54 Å². The summed E-state index contributed by atoms with van der Waals surface area (Å²) in [4.78, 5) is 11.3. The van der Waals surface area contributed by atoms with E-state index in [1.54, 1.807) is 7.05 Å². The summed E-state index contributed by atoms with van der Waals surface area (Å²) in [6.07, 6.45) is 2.68. The highest BCUT2D eigenvalue weighted by atomic mass is 16.4. The van der Waals surface area contributed by atoms with Crippen molar-refractivity contribution in [2.75, 3.05) is 7.05 Å². The first-order valence-electron chi connectivity index (χ1n) is 5.26. The monoisotopic (exact) mass is 199 g/mol. The largest absolute Gasteiger partial charge is 0.480 e. The van der Waals surface area contributed by atoms with E-state index in [0.717, 1.165) is 19.3 Å². The molecule has 0 radical (unpaired) electrons. The van der Waals surface area contributed by atoms with E-state index in [4.69, 9.17) is 0 Å². The molecule has 3 nitrogen and oxygen atoms in total. The summed E-state index contributed by atoms with van der Waals surface area (Å²) in [5.74, 6) is -0.517. The van der Waals surface area contributed by atoms with Crippen LogP contribution in [0.2, 0.25) is 0 Å². The molecular formula is C11H21NO2. The maximum Gasteiger partial charge on any atom is 0.324 e. The summed E-state index contributed by atoms with van der Waals surface area (Å²) in [5.41, 5.74) is -0.412. The summed E-state index contributed by atoms with van der Waals surface area (Å²) < 4.78 is 0. The molecule has 1 rings (SSSR count). The summed E-state index contributed by atoms with van der Waals surface area (Å²) in [7, 11) is 1.75. The Morgan fingerprint density at radius 2 is 2.00 bits per heavy atom. The van der Waals surface area contributed by atoms with Crippen LogP contribution in [0.25, 0.3) is 0 Å². The van der Waals surface area contributed by atoms with E-state index in [9.17, 15) is 9.90 Å². The van der Waals surface area contributed by atoms with Gasteiger partial charge >= 0.3 is 5.97 Å². The number of likely N-dealkylation sites (N-methyl/N-ethyl adjacent to an activating group) is 1. The Kier molecular flexibility index (Phi) is 2.91. The fourth-order valence-electron chi connectivity index (χ4n) is 2.68. The Morgan fingerprint density at radius 3 is 2.36 bits per heavy atom. The summed E-state index contributed by atoms with van der Waals surface area (Å²) in [6.45, 7) is 6.46. The van der Waals surface area contributed by atoms with E-state index in [1.807, 2.05) is 6.92 Å². The number of carboxylic acids is 1. The summed E-state index contributed by atoms with van der Waals surface area (Å²) >= 11 is 0. The SMILES string of the molecule is CNC1(C(=O)O)CCC(C)(C)CC1C. The summed E-state index contributed by atoms with van der Waals surface area (Å²) in [5, 5.41) is 12.3. The Labute approximate surface area is 85.9 Å². The Morgan fingerprint density at radius 1 is 1.43 bits per heavy atom. The first kappa shape index (κ1) is 11.5. The molecule has 1 aliphatic carbocycles. The van der Waals surface area contributed by atoms with E-state index in [0.29, 0.717) is 0 Å². The fraction of sp³-hybridized carbons (Fsp3) is 0.909. The second kappa shape index (κ2) is 3.54. The molecule has 82 valence electrons. The van der Waals surface area contributed by atoms with Gasteiger partial charge in [0.15, 0.2) is 0 Å². The Balaban J connectivity index is 2.87. The second-order valence-corrected chi connectivity index (χ2v) is 5.30. The minimum absolute atomic E-state index is 0.189. The third-order valence-corrected chi connectivity index (χ3v) is 3.72. The molecule has 2 N–H and O–H groups in total. The van der Waals surface area contributed by atoms with Gasteiger partial charge in [-0.25, -0.2) is 0 Å². The number of carbonyl (C=O) groups is 1. The van der Waals surface area contributed by atoms with Crippen molar-refractivity contribution in [1.29, 1.82) is 0 Å². The van der Waals surface area contributed by atoms with Crippen LogP contribution in [0, 0.1) is 11.3 Å². The van der Waals surface area contributed by atoms with Crippen LogP contribution in [-0.2, 0) is 4.79 Å². The number of carboxylic acid groups (broad SMARTS) is 1. The number of hydrogen-bond donors (Lipinski definition) is 2. The van der Waals surface area contributed by atoms with Crippen molar-refractivity contribution >= 4 is 5.97 Å². The van der Waals surface area contributed by atoms with Crippen molar-refractivity contribution in [2.24, 2.45) is 11.3 Å². The maximum absolute atomic E-state index is 11.3. The molecule has 0 aromatic heterocycles. The maximum atomic E-state index is 11.3. The number of aliphatic carboxylic acids is 1. The Hall–Kier alpha value is -0.570. The van der Waals surface area contributed by atoms with Crippen molar-refractivity contribution in [2.45, 2.75) is 45.6 Å². The third-order valence-electron chi connectivity index (χ3n) is 3.72. The fourth-order valence-corrected chi connectivity index (χ4v) is 2.68. The minimum Gasteiger partial charge on any atom is -0.480 e. The van der Waals surface area contributed by atoms with E-state index in [1.165, 1.54) is 0 Å². The van der Waals surface area contributed by atoms with Crippen LogP contribution in [0.4, 0.5) is 0 Å². The molecule has 0 saturated heterocycles. The van der Waals surface area contributed by atoms with Crippen LogP contribution in [0.3, 0.4) is 0 Å². The summed E-state index contributed by atoms with van der Waals surface area (Å²) in [6, 6.07) is 0. The molecule has 3 heteroatoms. The van der Waals surface area contributed by atoms with Gasteiger partial charge in [-0.1, -0.05) is 20.8 Å². The van der Waals surface area contributed by atoms with E-state index >= 15 is 0 Å². The molecule has 2 unspecified atom stereocenters. The molecule has 0 aromatic rings. The predicted octanol–water partition coefficient (Wildman–Crippen LogP) is 1.88. The molecule has 0 spiro atoms. The first-order chi connectivity index (χ1) is 6.34. The first-order valence-corrected chi connectivity index (χ1v) is 5.26. The highest BCUT2D eigenvalue weighted by Gasteiger charge is 2.48. The van der Waals surface area contributed by atoms with Crippen LogP contribution in [0.5, 0.6) is 0 Å². The van der Waals surface area contributed by atoms with Crippen LogP contribution in [0.15, 0.2) is 0 Å². The third kappa shape index (κ3) is 1.78. The van der Waals surface area contributed by atoms with Crippen LogP contribution >= 0.6 is 0 Å². The lowest BCUT2D eigenvalue weighted by Crippen LogP contribution is -2.58. The van der Waals surface area contributed by atoms with Gasteiger partial charge in [0.05, 0.1) is 0 Å². The smallest absolute Gasteiger partial charge is 0.324 e. The van der Waals surface area contributed by atoms with Gasteiger partial charge in [0.2, 0.25) is 0 Å². The molecule has 1 aliphatic rings. The molecule has 1 saturated carbocycles. The molecule has 0 bridgehead atoms. The Bertz CT molecular complexity index is 237. The lowest BCUT2D eigenvalue weighted by Gasteiger charge is -2.45. The average Bonchev–Trinajstić information content (AvgIpc) is 2.03. The van der Waals surface area contributed by atoms with Crippen LogP contribution in [0.1, 0.15) is 40.0 Å². The van der Waals surface area contributed by atoms with Gasteiger partial charge in [-0.3, -0.25) is 4.79 Å². The van der Waals surface area contributed by atoms with Crippen molar-refractivity contribution in [1.82, 2.24) is 5.32 Å². The molecule has 0 amide bonds. The molecule has 1 fully saturated rings. The number of nitrogens with one attached hydrogen (secondary N) is 1.